The number of nitrogens with one attached hydrogen (secondary N) is 1. The second kappa shape index (κ2) is 2.46. The first kappa shape index (κ1) is 5.98. The lowest BCUT2D eigenvalue weighted by Gasteiger charge is -2.01. The van der Waals surface area contributed by atoms with Gasteiger partial charge < -0.3 is 9.73 Å². The molecule has 1 N–H and O–H groups in total. The molecule has 0 aromatic carbocycles. The Labute approximate surface area is 60.2 Å². The van der Waals surface area contributed by atoms with Gasteiger partial charge in [0.2, 0.25) is 0 Å². The molecule has 2 heteroatoms. The molecule has 1 atom stereocenters. The number of hydrogen-bond donors (Lipinski definition) is 1. The highest BCUT2D eigenvalue weighted by molar-refractivity contribution is 5.07. The summed E-state index contributed by atoms with van der Waals surface area (Å²) >= 11 is 0. The Morgan fingerprint density at radius 3 is 3.20 bits per heavy atom. The van der Waals surface area contributed by atoms with Crippen molar-refractivity contribution < 1.29 is 4.42 Å². The summed E-state index contributed by atoms with van der Waals surface area (Å²) in [5.74, 6) is 1.75. The summed E-state index contributed by atoms with van der Waals surface area (Å²) in [4.78, 5) is 0. The van der Waals surface area contributed by atoms with Crippen LogP contribution in [0, 0.1) is 0 Å². The first-order valence-electron chi connectivity index (χ1n) is 3.71. The molecule has 1 fully saturated rings. The van der Waals surface area contributed by atoms with Crippen LogP contribution < -0.4 is 5.32 Å². The van der Waals surface area contributed by atoms with E-state index in [9.17, 15) is 0 Å². The van der Waals surface area contributed by atoms with Gasteiger partial charge in [-0.2, -0.15) is 0 Å². The summed E-state index contributed by atoms with van der Waals surface area (Å²) in [5.41, 5.74) is 0. The molecule has 10 heavy (non-hydrogen) atoms. The average molecular weight is 137 g/mol. The number of rotatable bonds is 1. The van der Waals surface area contributed by atoms with Crippen molar-refractivity contribution in [3.63, 3.8) is 0 Å². The molecule has 1 unspecified atom stereocenters. The predicted octanol–water partition coefficient (Wildman–Crippen LogP) is 1.36. The number of hydrogen-bond acceptors (Lipinski definition) is 2. The van der Waals surface area contributed by atoms with E-state index < -0.39 is 0 Å². The molecule has 2 rings (SSSR count). The second-order valence-corrected chi connectivity index (χ2v) is 2.71. The van der Waals surface area contributed by atoms with Gasteiger partial charge in [0, 0.05) is 12.5 Å². The van der Waals surface area contributed by atoms with Gasteiger partial charge in [-0.15, -0.1) is 0 Å². The van der Waals surface area contributed by atoms with E-state index in [2.05, 4.69) is 11.4 Å². The summed E-state index contributed by atoms with van der Waals surface area (Å²) < 4.78 is 5.28. The van der Waals surface area contributed by atoms with Gasteiger partial charge in [-0.3, -0.25) is 0 Å². The van der Waals surface area contributed by atoms with Crippen molar-refractivity contribution in [2.24, 2.45) is 0 Å². The lowest BCUT2D eigenvalue weighted by molar-refractivity contribution is 0.474. The van der Waals surface area contributed by atoms with Crippen LogP contribution in [0.25, 0.3) is 0 Å². The van der Waals surface area contributed by atoms with Gasteiger partial charge in [-0.1, -0.05) is 0 Å². The molecule has 54 valence electrons. The molecule has 0 amide bonds. The Morgan fingerprint density at radius 2 is 2.60 bits per heavy atom. The quantitative estimate of drug-likeness (QED) is 0.632. The second-order valence-electron chi connectivity index (χ2n) is 2.71. The van der Waals surface area contributed by atoms with Crippen molar-refractivity contribution >= 4 is 0 Å². The maximum Gasteiger partial charge on any atom is 0.108 e. The van der Waals surface area contributed by atoms with E-state index in [0.29, 0.717) is 5.92 Å². The van der Waals surface area contributed by atoms with Crippen LogP contribution in [0.5, 0.6) is 0 Å². The molecular weight excluding hydrogens is 126 g/mol. The zero-order chi connectivity index (χ0) is 6.81. The Hall–Kier alpha value is -0.760. The fourth-order valence-electron chi connectivity index (χ4n) is 1.42. The largest absolute Gasteiger partial charge is 0.469 e. The van der Waals surface area contributed by atoms with E-state index in [-0.39, 0.29) is 0 Å². The molecule has 0 aliphatic carbocycles. The van der Waals surface area contributed by atoms with Crippen LogP contribution >= 0.6 is 0 Å². The molecule has 0 bridgehead atoms. The zero-order valence-electron chi connectivity index (χ0n) is 5.84. The fraction of sp³-hybridized carbons (Fsp3) is 0.500. The fourth-order valence-corrected chi connectivity index (χ4v) is 1.42. The smallest absolute Gasteiger partial charge is 0.108 e. The molecule has 0 spiro atoms. The van der Waals surface area contributed by atoms with Gasteiger partial charge in [-0.05, 0) is 25.1 Å². The van der Waals surface area contributed by atoms with Crippen molar-refractivity contribution in [1.82, 2.24) is 5.32 Å². The first-order valence-corrected chi connectivity index (χ1v) is 3.71. The Balaban J connectivity index is 2.12. The number of furan rings is 1. The summed E-state index contributed by atoms with van der Waals surface area (Å²) in [5, 5.41) is 3.30. The van der Waals surface area contributed by atoms with Crippen molar-refractivity contribution in [1.29, 1.82) is 0 Å². The van der Waals surface area contributed by atoms with Crippen LogP contribution in [0.2, 0.25) is 0 Å². The van der Waals surface area contributed by atoms with E-state index in [0.717, 1.165) is 18.8 Å². The third-order valence-corrected chi connectivity index (χ3v) is 2.01. The van der Waals surface area contributed by atoms with Crippen molar-refractivity contribution in [2.75, 3.05) is 13.1 Å². The van der Waals surface area contributed by atoms with E-state index in [4.69, 9.17) is 4.42 Å². The lowest BCUT2D eigenvalue weighted by atomic mass is 10.1. The van der Waals surface area contributed by atoms with Crippen LogP contribution in [0.1, 0.15) is 18.1 Å². The van der Waals surface area contributed by atoms with E-state index in [1.807, 2.05) is 6.07 Å². The standard InChI is InChI=1S/C8H11NO/c1-2-8(10-5-1)7-3-4-9-6-7/h1-2,5,7,9H,3-4,6H2. The molecule has 1 aromatic heterocycles. The highest BCUT2D eigenvalue weighted by atomic mass is 16.3. The molecule has 0 radical (unpaired) electrons. The van der Waals surface area contributed by atoms with E-state index in [1.54, 1.807) is 6.26 Å². The molecule has 2 heterocycles. The van der Waals surface area contributed by atoms with Crippen LogP contribution in [-0.4, -0.2) is 13.1 Å². The molecular formula is C8H11NO. The maximum atomic E-state index is 5.28. The molecule has 2 nitrogen and oxygen atoms in total. The van der Waals surface area contributed by atoms with Crippen molar-refractivity contribution in [3.8, 4) is 0 Å². The zero-order valence-corrected chi connectivity index (χ0v) is 5.84. The van der Waals surface area contributed by atoms with Gasteiger partial charge >= 0.3 is 0 Å². The predicted molar refractivity (Wildman–Crippen MR) is 38.9 cm³/mol. The highest BCUT2D eigenvalue weighted by Gasteiger charge is 2.18. The lowest BCUT2D eigenvalue weighted by Crippen LogP contribution is -2.07. The summed E-state index contributed by atoms with van der Waals surface area (Å²) in [7, 11) is 0. The summed E-state index contributed by atoms with van der Waals surface area (Å²) in [6.45, 7) is 2.21. The Morgan fingerprint density at radius 1 is 1.60 bits per heavy atom. The van der Waals surface area contributed by atoms with Gasteiger partial charge in [0.1, 0.15) is 5.76 Å². The van der Waals surface area contributed by atoms with Crippen molar-refractivity contribution in [2.45, 2.75) is 12.3 Å². The molecule has 1 aliphatic heterocycles. The minimum absolute atomic E-state index is 0.620. The topological polar surface area (TPSA) is 25.2 Å². The van der Waals surface area contributed by atoms with Gasteiger partial charge in [0.25, 0.3) is 0 Å². The van der Waals surface area contributed by atoms with Gasteiger partial charge in [0.15, 0.2) is 0 Å². The summed E-state index contributed by atoms with van der Waals surface area (Å²) in [6.07, 6.45) is 2.96. The molecule has 1 saturated heterocycles. The first-order chi connectivity index (χ1) is 4.97. The Kier molecular flexibility index (Phi) is 1.47. The molecule has 0 saturated carbocycles. The SMILES string of the molecule is c1coc(C2CCNC2)c1. The summed E-state index contributed by atoms with van der Waals surface area (Å²) in [6, 6.07) is 4.01. The van der Waals surface area contributed by atoms with Gasteiger partial charge in [0.05, 0.1) is 6.26 Å². The van der Waals surface area contributed by atoms with Crippen LogP contribution in [0.3, 0.4) is 0 Å². The van der Waals surface area contributed by atoms with E-state index >= 15 is 0 Å². The third-order valence-electron chi connectivity index (χ3n) is 2.01. The third kappa shape index (κ3) is 0.948. The highest BCUT2D eigenvalue weighted by Crippen LogP contribution is 2.21. The minimum Gasteiger partial charge on any atom is -0.469 e. The molecule has 1 aromatic rings. The maximum absolute atomic E-state index is 5.28. The molecule has 1 aliphatic rings. The van der Waals surface area contributed by atoms with Crippen LogP contribution in [-0.2, 0) is 0 Å². The van der Waals surface area contributed by atoms with Crippen molar-refractivity contribution in [3.05, 3.63) is 24.2 Å². The average Bonchev–Trinajstić information content (AvgIpc) is 2.59. The normalized spacial score (nSPS) is 25.4. The van der Waals surface area contributed by atoms with E-state index in [1.165, 1.54) is 6.42 Å². The van der Waals surface area contributed by atoms with Gasteiger partial charge in [-0.25, -0.2) is 0 Å². The van der Waals surface area contributed by atoms with Crippen LogP contribution in [0.4, 0.5) is 0 Å². The Bertz CT molecular complexity index is 187. The van der Waals surface area contributed by atoms with Crippen LogP contribution in [0.15, 0.2) is 22.8 Å². The monoisotopic (exact) mass is 137 g/mol. The minimum atomic E-state index is 0.620.